The van der Waals surface area contributed by atoms with Gasteiger partial charge in [-0.25, -0.2) is 9.97 Å². The maximum absolute atomic E-state index is 4.58. The molecule has 2 aromatic rings. The molecule has 0 unspecified atom stereocenters. The van der Waals surface area contributed by atoms with E-state index >= 15 is 0 Å². The molecule has 5 heteroatoms. The molecule has 4 nitrogen and oxygen atoms in total. The monoisotopic (exact) mass is 348 g/mol. The predicted molar refractivity (Wildman–Crippen MR) is 91.8 cm³/mol. The van der Waals surface area contributed by atoms with Crippen molar-refractivity contribution in [1.29, 1.82) is 0 Å². The van der Waals surface area contributed by atoms with Crippen molar-refractivity contribution in [2.75, 3.05) is 17.2 Å². The van der Waals surface area contributed by atoms with Gasteiger partial charge in [-0.3, -0.25) is 0 Å². The third-order valence-corrected chi connectivity index (χ3v) is 3.47. The van der Waals surface area contributed by atoms with Crippen LogP contribution in [-0.4, -0.2) is 16.5 Å². The van der Waals surface area contributed by atoms with Crippen LogP contribution in [0.25, 0.3) is 0 Å². The van der Waals surface area contributed by atoms with E-state index in [0.29, 0.717) is 5.92 Å². The molecule has 2 rings (SSSR count). The van der Waals surface area contributed by atoms with E-state index in [1.165, 1.54) is 5.56 Å². The summed E-state index contributed by atoms with van der Waals surface area (Å²) in [7, 11) is 0. The zero-order valence-electron chi connectivity index (χ0n) is 12.7. The maximum Gasteiger partial charge on any atom is 0.135 e. The highest BCUT2D eigenvalue weighted by Crippen LogP contribution is 2.18. The molecule has 0 atom stereocenters. The molecule has 1 heterocycles. The lowest BCUT2D eigenvalue weighted by atomic mass is 10.2. The van der Waals surface area contributed by atoms with Crippen LogP contribution in [-0.2, 0) is 6.54 Å². The fraction of sp³-hybridized carbons (Fsp3) is 0.375. The molecule has 21 heavy (non-hydrogen) atoms. The Morgan fingerprint density at radius 2 is 1.81 bits per heavy atom. The number of anilines is 2. The quantitative estimate of drug-likeness (QED) is 0.811. The number of rotatable bonds is 6. The molecule has 0 amide bonds. The Balaban J connectivity index is 2.14. The fourth-order valence-electron chi connectivity index (χ4n) is 1.93. The highest BCUT2D eigenvalue weighted by atomic mass is 79.9. The zero-order chi connectivity index (χ0) is 15.2. The first kappa shape index (κ1) is 15.8. The Morgan fingerprint density at radius 3 is 2.43 bits per heavy atom. The summed E-state index contributed by atoms with van der Waals surface area (Å²) in [5.41, 5.74) is 1.21. The van der Waals surface area contributed by atoms with E-state index in [-0.39, 0.29) is 0 Å². The second-order valence-corrected chi connectivity index (χ2v) is 6.08. The molecular weight excluding hydrogens is 328 g/mol. The molecule has 1 aromatic carbocycles. The van der Waals surface area contributed by atoms with Crippen molar-refractivity contribution < 1.29 is 0 Å². The second-order valence-electron chi connectivity index (χ2n) is 5.17. The van der Waals surface area contributed by atoms with Crippen molar-refractivity contribution in [3.63, 3.8) is 0 Å². The van der Waals surface area contributed by atoms with Crippen LogP contribution in [0.1, 0.15) is 38.1 Å². The molecule has 1 aromatic heterocycles. The number of aromatic nitrogens is 2. The Hall–Kier alpha value is -1.62. The standard InChI is InChI=1S/C16H21BrN4/c1-4-18-14-9-15(21-16(20-14)11(2)3)19-10-12-6-5-7-13(17)8-12/h5-9,11H,4,10H2,1-3H3,(H2,18,19,20,21). The highest BCUT2D eigenvalue weighted by molar-refractivity contribution is 9.10. The number of halogens is 1. The Bertz CT molecular complexity index is 599. The number of benzene rings is 1. The average Bonchev–Trinajstić information content (AvgIpc) is 2.45. The highest BCUT2D eigenvalue weighted by Gasteiger charge is 2.07. The van der Waals surface area contributed by atoms with Crippen LogP contribution >= 0.6 is 15.9 Å². The molecule has 0 bridgehead atoms. The summed E-state index contributed by atoms with van der Waals surface area (Å²) in [6, 6.07) is 10.2. The van der Waals surface area contributed by atoms with Gasteiger partial charge in [-0.15, -0.1) is 0 Å². The van der Waals surface area contributed by atoms with Gasteiger partial charge in [0.15, 0.2) is 0 Å². The van der Waals surface area contributed by atoms with Gasteiger partial charge >= 0.3 is 0 Å². The van der Waals surface area contributed by atoms with Gasteiger partial charge in [-0.2, -0.15) is 0 Å². The summed E-state index contributed by atoms with van der Waals surface area (Å²) in [4.78, 5) is 9.10. The largest absolute Gasteiger partial charge is 0.370 e. The SMILES string of the molecule is CCNc1cc(NCc2cccc(Br)c2)nc(C(C)C)n1. The van der Waals surface area contributed by atoms with E-state index in [1.54, 1.807) is 0 Å². The molecule has 0 saturated heterocycles. The van der Waals surface area contributed by atoms with Crippen molar-refractivity contribution in [1.82, 2.24) is 9.97 Å². The van der Waals surface area contributed by atoms with E-state index in [0.717, 1.165) is 35.0 Å². The maximum atomic E-state index is 4.58. The van der Waals surface area contributed by atoms with E-state index in [1.807, 2.05) is 18.2 Å². The third-order valence-electron chi connectivity index (χ3n) is 2.98. The Labute approximate surface area is 134 Å². The summed E-state index contributed by atoms with van der Waals surface area (Å²) in [6.45, 7) is 7.84. The minimum Gasteiger partial charge on any atom is -0.370 e. The van der Waals surface area contributed by atoms with Gasteiger partial charge < -0.3 is 10.6 Å². The molecule has 0 spiro atoms. The van der Waals surface area contributed by atoms with Crippen LogP contribution in [0.3, 0.4) is 0 Å². The van der Waals surface area contributed by atoms with Gasteiger partial charge in [0.1, 0.15) is 17.5 Å². The first-order chi connectivity index (χ1) is 10.1. The number of hydrogen-bond donors (Lipinski definition) is 2. The first-order valence-corrected chi connectivity index (χ1v) is 7.99. The topological polar surface area (TPSA) is 49.8 Å². The number of nitrogens with one attached hydrogen (secondary N) is 2. The van der Waals surface area contributed by atoms with Gasteiger partial charge in [-0.05, 0) is 24.6 Å². The van der Waals surface area contributed by atoms with Gasteiger partial charge in [-0.1, -0.05) is 41.9 Å². The van der Waals surface area contributed by atoms with Crippen LogP contribution < -0.4 is 10.6 Å². The molecular formula is C16H21BrN4. The van der Waals surface area contributed by atoms with Gasteiger partial charge in [0.05, 0.1) is 0 Å². The van der Waals surface area contributed by atoms with Gasteiger partial charge in [0.2, 0.25) is 0 Å². The molecule has 2 N–H and O–H groups in total. The summed E-state index contributed by atoms with van der Waals surface area (Å²) < 4.78 is 1.08. The molecule has 0 aliphatic rings. The second kappa shape index (κ2) is 7.41. The normalized spacial score (nSPS) is 10.7. The smallest absolute Gasteiger partial charge is 0.135 e. The molecule has 0 radical (unpaired) electrons. The van der Waals surface area contributed by atoms with Crippen molar-refractivity contribution in [3.8, 4) is 0 Å². The summed E-state index contributed by atoms with van der Waals surface area (Å²) in [5.74, 6) is 2.87. The summed E-state index contributed by atoms with van der Waals surface area (Å²) >= 11 is 3.49. The summed E-state index contributed by atoms with van der Waals surface area (Å²) in [5, 5.41) is 6.62. The molecule has 0 saturated carbocycles. The minimum atomic E-state index is 0.301. The Morgan fingerprint density at radius 1 is 1.10 bits per heavy atom. The number of nitrogens with zero attached hydrogens (tertiary/aromatic N) is 2. The van der Waals surface area contributed by atoms with Crippen molar-refractivity contribution in [2.24, 2.45) is 0 Å². The lowest BCUT2D eigenvalue weighted by molar-refractivity contribution is 0.775. The molecule has 0 aliphatic carbocycles. The molecule has 0 aliphatic heterocycles. The van der Waals surface area contributed by atoms with E-state index < -0.39 is 0 Å². The fourth-order valence-corrected chi connectivity index (χ4v) is 2.37. The Kier molecular flexibility index (Phi) is 5.56. The van der Waals surface area contributed by atoms with Crippen LogP contribution in [0.5, 0.6) is 0 Å². The zero-order valence-corrected chi connectivity index (χ0v) is 14.2. The van der Waals surface area contributed by atoms with Crippen LogP contribution in [0.2, 0.25) is 0 Å². The van der Waals surface area contributed by atoms with Gasteiger partial charge in [0.25, 0.3) is 0 Å². The van der Waals surface area contributed by atoms with E-state index in [9.17, 15) is 0 Å². The van der Waals surface area contributed by atoms with E-state index in [4.69, 9.17) is 0 Å². The van der Waals surface area contributed by atoms with E-state index in [2.05, 4.69) is 69.4 Å². The van der Waals surface area contributed by atoms with Crippen LogP contribution in [0, 0.1) is 0 Å². The lowest BCUT2D eigenvalue weighted by Crippen LogP contribution is -2.09. The minimum absolute atomic E-state index is 0.301. The van der Waals surface area contributed by atoms with Crippen LogP contribution in [0.15, 0.2) is 34.8 Å². The van der Waals surface area contributed by atoms with Crippen molar-refractivity contribution in [2.45, 2.75) is 33.2 Å². The van der Waals surface area contributed by atoms with Gasteiger partial charge in [0, 0.05) is 29.5 Å². The van der Waals surface area contributed by atoms with Crippen LogP contribution in [0.4, 0.5) is 11.6 Å². The molecule has 0 fully saturated rings. The number of hydrogen-bond acceptors (Lipinski definition) is 4. The molecule has 112 valence electrons. The third kappa shape index (κ3) is 4.70. The predicted octanol–water partition coefficient (Wildman–Crippen LogP) is 4.41. The summed E-state index contributed by atoms with van der Waals surface area (Å²) in [6.07, 6.45) is 0. The lowest BCUT2D eigenvalue weighted by Gasteiger charge is -2.12. The average molecular weight is 349 g/mol. The van der Waals surface area contributed by atoms with Crippen molar-refractivity contribution in [3.05, 3.63) is 46.2 Å². The first-order valence-electron chi connectivity index (χ1n) is 7.19. The van der Waals surface area contributed by atoms with Crippen molar-refractivity contribution >= 4 is 27.6 Å².